The summed E-state index contributed by atoms with van der Waals surface area (Å²) in [6, 6.07) is 12.2. The molecule has 0 aliphatic heterocycles. The first-order chi connectivity index (χ1) is 9.59. The van der Waals surface area contributed by atoms with E-state index in [0.717, 1.165) is 11.0 Å². The second kappa shape index (κ2) is 4.80. The van der Waals surface area contributed by atoms with E-state index in [1.54, 1.807) is 28.3 Å². The van der Waals surface area contributed by atoms with Crippen LogP contribution < -0.4 is 5.69 Å². The summed E-state index contributed by atoms with van der Waals surface area (Å²) in [6.07, 6.45) is 0. The van der Waals surface area contributed by atoms with Gasteiger partial charge in [0.1, 0.15) is 5.82 Å². The van der Waals surface area contributed by atoms with E-state index in [0.29, 0.717) is 5.56 Å². The van der Waals surface area contributed by atoms with Crippen LogP contribution in [-0.2, 0) is 13.6 Å². The lowest BCUT2D eigenvalue weighted by atomic mass is 10.2. The molecule has 0 radical (unpaired) electrons. The van der Waals surface area contributed by atoms with Gasteiger partial charge in [-0.05, 0) is 18.2 Å². The lowest BCUT2D eigenvalue weighted by molar-refractivity contribution is 0.597. The predicted octanol–water partition coefficient (Wildman–Crippen LogP) is 3.18. The number of hydrogen-bond acceptors (Lipinski definition) is 1. The third kappa shape index (κ3) is 1.93. The normalized spacial score (nSPS) is 11.2. The van der Waals surface area contributed by atoms with Crippen molar-refractivity contribution in [2.24, 2.45) is 7.05 Å². The monoisotopic (exact) mass is 290 g/mol. The minimum Gasteiger partial charge on any atom is -0.295 e. The zero-order valence-corrected chi connectivity index (χ0v) is 11.6. The van der Waals surface area contributed by atoms with Crippen LogP contribution in [0.2, 0.25) is 5.02 Å². The number of nitrogens with zero attached hydrogens (tertiary/aromatic N) is 2. The summed E-state index contributed by atoms with van der Waals surface area (Å²) in [4.78, 5) is 12.3. The summed E-state index contributed by atoms with van der Waals surface area (Å²) in [7, 11) is 1.70. The Morgan fingerprint density at radius 3 is 2.55 bits per heavy atom. The second-order valence-corrected chi connectivity index (χ2v) is 5.04. The first-order valence-electron chi connectivity index (χ1n) is 6.16. The lowest BCUT2D eigenvalue weighted by Crippen LogP contribution is -2.23. The largest absolute Gasteiger partial charge is 0.329 e. The van der Waals surface area contributed by atoms with Gasteiger partial charge >= 0.3 is 5.69 Å². The van der Waals surface area contributed by atoms with Gasteiger partial charge in [0.25, 0.3) is 0 Å². The van der Waals surface area contributed by atoms with Crippen molar-refractivity contribution in [3.8, 4) is 0 Å². The van der Waals surface area contributed by atoms with Crippen LogP contribution in [0.1, 0.15) is 5.56 Å². The molecule has 0 saturated heterocycles. The molecule has 5 heteroatoms. The fourth-order valence-electron chi connectivity index (χ4n) is 2.36. The van der Waals surface area contributed by atoms with Crippen molar-refractivity contribution in [1.82, 2.24) is 9.13 Å². The lowest BCUT2D eigenvalue weighted by Gasteiger charge is -2.06. The van der Waals surface area contributed by atoms with E-state index in [2.05, 4.69) is 0 Å². The number of benzene rings is 2. The minimum atomic E-state index is -0.478. The minimum absolute atomic E-state index is 0.0655. The highest BCUT2D eigenvalue weighted by atomic mass is 35.5. The zero-order valence-electron chi connectivity index (χ0n) is 10.8. The number of halogens is 2. The summed E-state index contributed by atoms with van der Waals surface area (Å²) in [5.74, 6) is -0.478. The summed E-state index contributed by atoms with van der Waals surface area (Å²) in [6.45, 7) is 0.159. The maximum atomic E-state index is 14.0. The van der Waals surface area contributed by atoms with Gasteiger partial charge in [0.05, 0.1) is 22.6 Å². The molecule has 0 unspecified atom stereocenters. The Kier molecular flexibility index (Phi) is 3.10. The van der Waals surface area contributed by atoms with Crippen molar-refractivity contribution in [1.29, 1.82) is 0 Å². The van der Waals surface area contributed by atoms with Crippen molar-refractivity contribution in [3.63, 3.8) is 0 Å². The molecule has 3 aromatic rings. The summed E-state index contributed by atoms with van der Waals surface area (Å²) in [5.41, 5.74) is 1.82. The SMILES string of the molecule is Cn1c(=O)n(Cc2cccc(Cl)c2F)c2ccccc21. The van der Waals surface area contributed by atoms with Crippen LogP contribution in [0.4, 0.5) is 4.39 Å². The van der Waals surface area contributed by atoms with Crippen LogP contribution in [-0.4, -0.2) is 9.13 Å². The molecule has 3 rings (SSSR count). The standard InChI is InChI=1S/C15H12ClFN2O/c1-18-12-7-2-3-8-13(12)19(15(18)20)9-10-5-4-6-11(16)14(10)17/h2-8H,9H2,1H3. The number of aromatic nitrogens is 2. The quantitative estimate of drug-likeness (QED) is 0.712. The van der Waals surface area contributed by atoms with Crippen molar-refractivity contribution in [3.05, 3.63) is 69.4 Å². The molecule has 0 aliphatic carbocycles. The van der Waals surface area contributed by atoms with Gasteiger partial charge in [0.15, 0.2) is 0 Å². The number of aryl methyl sites for hydroxylation is 1. The van der Waals surface area contributed by atoms with Crippen LogP contribution in [0.3, 0.4) is 0 Å². The Morgan fingerprint density at radius 2 is 1.80 bits per heavy atom. The average molecular weight is 291 g/mol. The fraction of sp³-hybridized carbons (Fsp3) is 0.133. The van der Waals surface area contributed by atoms with Crippen molar-refractivity contribution in [2.45, 2.75) is 6.54 Å². The van der Waals surface area contributed by atoms with E-state index in [9.17, 15) is 9.18 Å². The molecule has 0 spiro atoms. The van der Waals surface area contributed by atoms with E-state index in [4.69, 9.17) is 11.6 Å². The van der Waals surface area contributed by atoms with Gasteiger partial charge in [-0.3, -0.25) is 9.13 Å². The molecule has 1 aromatic heterocycles. The molecule has 0 bridgehead atoms. The van der Waals surface area contributed by atoms with E-state index in [-0.39, 0.29) is 17.3 Å². The number of fused-ring (bicyclic) bond motifs is 1. The molecule has 0 fully saturated rings. The molecule has 0 atom stereocenters. The summed E-state index contributed by atoms with van der Waals surface area (Å²) in [5, 5.41) is 0.0655. The van der Waals surface area contributed by atoms with E-state index in [1.165, 1.54) is 6.07 Å². The van der Waals surface area contributed by atoms with Gasteiger partial charge < -0.3 is 0 Å². The zero-order chi connectivity index (χ0) is 14.3. The van der Waals surface area contributed by atoms with Crippen molar-refractivity contribution in [2.75, 3.05) is 0 Å². The van der Waals surface area contributed by atoms with Crippen LogP contribution >= 0.6 is 11.6 Å². The second-order valence-electron chi connectivity index (χ2n) is 4.63. The Labute approximate surface area is 119 Å². The molecule has 0 amide bonds. The molecule has 0 saturated carbocycles. The highest BCUT2D eigenvalue weighted by Gasteiger charge is 2.13. The molecule has 102 valence electrons. The molecule has 1 heterocycles. The number of rotatable bonds is 2. The average Bonchev–Trinajstić information content (AvgIpc) is 2.69. The van der Waals surface area contributed by atoms with Crippen LogP contribution in [0.5, 0.6) is 0 Å². The topological polar surface area (TPSA) is 26.9 Å². The third-order valence-electron chi connectivity index (χ3n) is 3.41. The van der Waals surface area contributed by atoms with E-state index >= 15 is 0 Å². The Hall–Kier alpha value is -2.07. The summed E-state index contributed by atoms with van der Waals surface area (Å²) < 4.78 is 17.1. The van der Waals surface area contributed by atoms with Crippen LogP contribution in [0, 0.1) is 5.82 Å². The summed E-state index contributed by atoms with van der Waals surface area (Å²) >= 11 is 5.78. The number of imidazole rings is 1. The Balaban J connectivity index is 2.19. The Morgan fingerprint density at radius 1 is 1.10 bits per heavy atom. The number of para-hydroxylation sites is 2. The van der Waals surface area contributed by atoms with Gasteiger partial charge in [-0.15, -0.1) is 0 Å². The highest BCUT2D eigenvalue weighted by Crippen LogP contribution is 2.20. The van der Waals surface area contributed by atoms with Gasteiger partial charge in [0, 0.05) is 12.6 Å². The number of hydrogen-bond donors (Lipinski definition) is 0. The predicted molar refractivity (Wildman–Crippen MR) is 77.7 cm³/mol. The molecule has 0 N–H and O–H groups in total. The molecule has 2 aromatic carbocycles. The van der Waals surface area contributed by atoms with Gasteiger partial charge in [-0.1, -0.05) is 35.9 Å². The van der Waals surface area contributed by atoms with Gasteiger partial charge in [0.2, 0.25) is 0 Å². The van der Waals surface area contributed by atoms with E-state index in [1.807, 2.05) is 24.3 Å². The fourth-order valence-corrected chi connectivity index (χ4v) is 2.55. The van der Waals surface area contributed by atoms with Crippen LogP contribution in [0.25, 0.3) is 11.0 Å². The maximum Gasteiger partial charge on any atom is 0.329 e. The van der Waals surface area contributed by atoms with Gasteiger partial charge in [-0.2, -0.15) is 0 Å². The molecule has 0 aliphatic rings. The van der Waals surface area contributed by atoms with Crippen molar-refractivity contribution < 1.29 is 4.39 Å². The first kappa shape index (κ1) is 12.9. The smallest absolute Gasteiger partial charge is 0.295 e. The first-order valence-corrected chi connectivity index (χ1v) is 6.54. The maximum absolute atomic E-state index is 14.0. The van der Waals surface area contributed by atoms with Crippen molar-refractivity contribution >= 4 is 22.6 Å². The van der Waals surface area contributed by atoms with Gasteiger partial charge in [-0.25, -0.2) is 9.18 Å². The third-order valence-corrected chi connectivity index (χ3v) is 3.70. The highest BCUT2D eigenvalue weighted by molar-refractivity contribution is 6.30. The Bertz CT molecular complexity index is 851. The molecule has 3 nitrogen and oxygen atoms in total. The molecular formula is C15H12ClFN2O. The molecular weight excluding hydrogens is 279 g/mol. The molecule has 20 heavy (non-hydrogen) atoms. The van der Waals surface area contributed by atoms with E-state index < -0.39 is 5.82 Å². The van der Waals surface area contributed by atoms with Crippen LogP contribution in [0.15, 0.2) is 47.3 Å².